The van der Waals surface area contributed by atoms with Crippen LogP contribution in [0, 0.1) is 5.41 Å². The minimum Gasteiger partial charge on any atom is -0.508 e. The van der Waals surface area contributed by atoms with E-state index in [-0.39, 0.29) is 17.7 Å². The highest BCUT2D eigenvalue weighted by molar-refractivity contribution is 5.29. The molecule has 0 aliphatic carbocycles. The summed E-state index contributed by atoms with van der Waals surface area (Å²) in [6.07, 6.45) is 0.172. The molecular formula is C14H21NO2. The van der Waals surface area contributed by atoms with Crippen molar-refractivity contribution in [2.45, 2.75) is 33.1 Å². The first-order valence-electron chi connectivity index (χ1n) is 6.02. The largest absolute Gasteiger partial charge is 0.508 e. The Morgan fingerprint density at radius 3 is 2.59 bits per heavy atom. The van der Waals surface area contributed by atoms with E-state index in [0.29, 0.717) is 5.75 Å². The monoisotopic (exact) mass is 235 g/mol. The summed E-state index contributed by atoms with van der Waals surface area (Å²) in [4.78, 5) is 2.23. The molecule has 2 atom stereocenters. The van der Waals surface area contributed by atoms with Crippen molar-refractivity contribution in [2.75, 3.05) is 13.6 Å². The van der Waals surface area contributed by atoms with Gasteiger partial charge >= 0.3 is 0 Å². The van der Waals surface area contributed by atoms with E-state index in [1.165, 1.54) is 0 Å². The zero-order chi connectivity index (χ0) is 12.6. The minimum absolute atomic E-state index is 0.0522. The molecule has 1 aliphatic heterocycles. The van der Waals surface area contributed by atoms with E-state index in [1.807, 2.05) is 12.1 Å². The highest BCUT2D eigenvalue weighted by atomic mass is 16.5. The lowest BCUT2D eigenvalue weighted by molar-refractivity contribution is -0.0620. The second-order valence-corrected chi connectivity index (χ2v) is 5.88. The standard InChI is InChI=1S/C14H21NO2/c1-14(2,3)13-15(4)9-12(17-13)10-6-5-7-11(16)8-10/h5-8,12-13,16H,9H2,1-4H3/t12-,13?/m0/s1. The molecule has 1 heterocycles. The summed E-state index contributed by atoms with van der Waals surface area (Å²) in [7, 11) is 2.08. The van der Waals surface area contributed by atoms with Crippen molar-refractivity contribution in [3.8, 4) is 5.75 Å². The maximum absolute atomic E-state index is 9.50. The Labute approximate surface area is 103 Å². The fourth-order valence-corrected chi connectivity index (χ4v) is 2.43. The predicted molar refractivity (Wildman–Crippen MR) is 67.8 cm³/mol. The van der Waals surface area contributed by atoms with E-state index < -0.39 is 0 Å². The molecule has 1 fully saturated rings. The van der Waals surface area contributed by atoms with Crippen molar-refractivity contribution in [1.29, 1.82) is 0 Å². The Morgan fingerprint density at radius 1 is 1.35 bits per heavy atom. The second-order valence-electron chi connectivity index (χ2n) is 5.88. The maximum Gasteiger partial charge on any atom is 0.116 e. The number of aromatic hydroxyl groups is 1. The van der Waals surface area contributed by atoms with E-state index in [4.69, 9.17) is 4.74 Å². The van der Waals surface area contributed by atoms with Gasteiger partial charge < -0.3 is 9.84 Å². The molecule has 1 unspecified atom stereocenters. The van der Waals surface area contributed by atoms with Crippen LogP contribution in [0.5, 0.6) is 5.75 Å². The summed E-state index contributed by atoms with van der Waals surface area (Å²) in [5, 5.41) is 9.50. The number of ether oxygens (including phenoxy) is 1. The Bertz CT molecular complexity index is 397. The van der Waals surface area contributed by atoms with Gasteiger partial charge in [0, 0.05) is 12.0 Å². The Kier molecular flexibility index (Phi) is 3.15. The quantitative estimate of drug-likeness (QED) is 0.812. The van der Waals surface area contributed by atoms with Gasteiger partial charge in [0.15, 0.2) is 0 Å². The molecule has 0 aromatic heterocycles. The fourth-order valence-electron chi connectivity index (χ4n) is 2.43. The first kappa shape index (κ1) is 12.4. The number of nitrogens with zero attached hydrogens (tertiary/aromatic N) is 1. The summed E-state index contributed by atoms with van der Waals surface area (Å²) in [6, 6.07) is 7.33. The number of phenolic OH excluding ortho intramolecular Hbond substituents is 1. The van der Waals surface area contributed by atoms with Gasteiger partial charge in [-0.3, -0.25) is 4.90 Å². The smallest absolute Gasteiger partial charge is 0.116 e. The summed E-state index contributed by atoms with van der Waals surface area (Å²) < 4.78 is 6.09. The molecule has 1 saturated heterocycles. The fraction of sp³-hybridized carbons (Fsp3) is 0.571. The first-order chi connectivity index (χ1) is 7.88. The molecule has 2 rings (SSSR count). The van der Waals surface area contributed by atoms with Gasteiger partial charge in [0.05, 0.1) is 6.10 Å². The van der Waals surface area contributed by atoms with Gasteiger partial charge in [0.1, 0.15) is 12.0 Å². The van der Waals surface area contributed by atoms with E-state index in [9.17, 15) is 5.11 Å². The van der Waals surface area contributed by atoms with Crippen molar-refractivity contribution in [3.63, 3.8) is 0 Å². The lowest BCUT2D eigenvalue weighted by Gasteiger charge is -2.31. The molecule has 17 heavy (non-hydrogen) atoms. The normalized spacial score (nSPS) is 26.4. The molecule has 1 aromatic rings. The Morgan fingerprint density at radius 2 is 2.06 bits per heavy atom. The lowest BCUT2D eigenvalue weighted by Crippen LogP contribution is -2.37. The molecule has 1 aromatic carbocycles. The highest BCUT2D eigenvalue weighted by Gasteiger charge is 2.38. The minimum atomic E-state index is 0.0522. The summed E-state index contributed by atoms with van der Waals surface area (Å²) in [6.45, 7) is 7.41. The van der Waals surface area contributed by atoms with Crippen LogP contribution in [-0.4, -0.2) is 29.8 Å². The molecule has 1 aliphatic rings. The van der Waals surface area contributed by atoms with Crippen molar-refractivity contribution < 1.29 is 9.84 Å². The van der Waals surface area contributed by atoms with Crippen LogP contribution in [0.25, 0.3) is 0 Å². The Balaban J connectivity index is 2.17. The third-order valence-corrected chi connectivity index (χ3v) is 3.13. The number of benzene rings is 1. The number of hydrogen-bond donors (Lipinski definition) is 1. The molecular weight excluding hydrogens is 214 g/mol. The van der Waals surface area contributed by atoms with Crippen LogP contribution in [0.2, 0.25) is 0 Å². The summed E-state index contributed by atoms with van der Waals surface area (Å²) >= 11 is 0. The number of phenols is 1. The van der Waals surface area contributed by atoms with Crippen molar-refractivity contribution in [3.05, 3.63) is 29.8 Å². The van der Waals surface area contributed by atoms with Crippen LogP contribution in [0.4, 0.5) is 0 Å². The van der Waals surface area contributed by atoms with Gasteiger partial charge in [-0.2, -0.15) is 0 Å². The molecule has 0 radical (unpaired) electrons. The van der Waals surface area contributed by atoms with Crippen LogP contribution in [0.3, 0.4) is 0 Å². The third-order valence-electron chi connectivity index (χ3n) is 3.13. The lowest BCUT2D eigenvalue weighted by atomic mass is 9.94. The van der Waals surface area contributed by atoms with Gasteiger partial charge in [-0.05, 0) is 24.7 Å². The predicted octanol–water partition coefficient (Wildman–Crippen LogP) is 2.77. The molecule has 3 nitrogen and oxygen atoms in total. The highest BCUT2D eigenvalue weighted by Crippen LogP contribution is 2.36. The zero-order valence-corrected chi connectivity index (χ0v) is 11.0. The van der Waals surface area contributed by atoms with Gasteiger partial charge in [-0.1, -0.05) is 32.9 Å². The number of hydrogen-bond acceptors (Lipinski definition) is 3. The van der Waals surface area contributed by atoms with Crippen molar-refractivity contribution in [2.24, 2.45) is 5.41 Å². The molecule has 0 saturated carbocycles. The Hall–Kier alpha value is -1.06. The molecule has 0 spiro atoms. The zero-order valence-electron chi connectivity index (χ0n) is 11.0. The molecule has 1 N–H and O–H groups in total. The topological polar surface area (TPSA) is 32.7 Å². The van der Waals surface area contributed by atoms with Crippen molar-refractivity contribution in [1.82, 2.24) is 4.90 Å². The SMILES string of the molecule is CN1C[C@@H](c2cccc(O)c2)OC1C(C)(C)C. The third kappa shape index (κ3) is 2.61. The average molecular weight is 235 g/mol. The summed E-state index contributed by atoms with van der Waals surface area (Å²) in [5.41, 5.74) is 1.14. The molecule has 0 amide bonds. The van der Waals surface area contributed by atoms with Gasteiger partial charge in [-0.25, -0.2) is 0 Å². The van der Waals surface area contributed by atoms with E-state index in [2.05, 4.69) is 32.7 Å². The van der Waals surface area contributed by atoms with E-state index >= 15 is 0 Å². The van der Waals surface area contributed by atoms with Gasteiger partial charge in [-0.15, -0.1) is 0 Å². The molecule has 94 valence electrons. The van der Waals surface area contributed by atoms with Crippen LogP contribution in [0.15, 0.2) is 24.3 Å². The van der Waals surface area contributed by atoms with Crippen molar-refractivity contribution >= 4 is 0 Å². The van der Waals surface area contributed by atoms with Crippen LogP contribution in [-0.2, 0) is 4.74 Å². The van der Waals surface area contributed by atoms with Crippen LogP contribution < -0.4 is 0 Å². The van der Waals surface area contributed by atoms with E-state index in [1.54, 1.807) is 12.1 Å². The number of rotatable bonds is 1. The number of likely N-dealkylation sites (N-methyl/N-ethyl adjacent to an activating group) is 1. The molecule has 3 heteroatoms. The average Bonchev–Trinajstić information content (AvgIpc) is 2.60. The second kappa shape index (κ2) is 4.31. The van der Waals surface area contributed by atoms with Crippen LogP contribution in [0.1, 0.15) is 32.4 Å². The van der Waals surface area contributed by atoms with E-state index in [0.717, 1.165) is 12.1 Å². The van der Waals surface area contributed by atoms with Gasteiger partial charge in [0.2, 0.25) is 0 Å². The summed E-state index contributed by atoms with van der Waals surface area (Å²) in [5.74, 6) is 0.299. The first-order valence-corrected chi connectivity index (χ1v) is 6.02. The maximum atomic E-state index is 9.50. The van der Waals surface area contributed by atoms with Crippen LogP contribution >= 0.6 is 0 Å². The molecule has 0 bridgehead atoms. The van der Waals surface area contributed by atoms with Gasteiger partial charge in [0.25, 0.3) is 0 Å².